The number of hydrogen-bond donors (Lipinski definition) is 2. The summed E-state index contributed by atoms with van der Waals surface area (Å²) in [4.78, 5) is 14.9. The fourth-order valence-corrected chi connectivity index (χ4v) is 4.99. The number of carbonyl (C=O) groups excluding carboxylic acids is 1. The van der Waals surface area contributed by atoms with Gasteiger partial charge in [-0.15, -0.1) is 0 Å². The Balaban J connectivity index is 1.36. The highest BCUT2D eigenvalue weighted by Crippen LogP contribution is 2.32. The van der Waals surface area contributed by atoms with Crippen molar-refractivity contribution in [2.45, 2.75) is 44.4 Å². The molecule has 5 rings (SSSR count). The molecule has 1 fully saturated rings. The van der Waals surface area contributed by atoms with Crippen molar-refractivity contribution < 1.29 is 18.3 Å². The fraction of sp³-hybridized carbons (Fsp3) is 0.423. The zero-order valence-corrected chi connectivity index (χ0v) is 19.3. The predicted octanol–water partition coefficient (Wildman–Crippen LogP) is 3.22. The second kappa shape index (κ2) is 9.44. The van der Waals surface area contributed by atoms with Crippen molar-refractivity contribution >= 4 is 11.6 Å². The number of benzene rings is 2. The molecule has 0 radical (unpaired) electrons. The number of amides is 1. The van der Waals surface area contributed by atoms with Gasteiger partial charge in [-0.25, -0.2) is 14.2 Å². The van der Waals surface area contributed by atoms with E-state index in [0.29, 0.717) is 30.4 Å². The van der Waals surface area contributed by atoms with Crippen LogP contribution in [0.4, 0.5) is 8.78 Å². The highest BCUT2D eigenvalue weighted by Gasteiger charge is 2.33. The number of hydrazine groups is 1. The van der Waals surface area contributed by atoms with Gasteiger partial charge in [-0.3, -0.25) is 4.79 Å². The van der Waals surface area contributed by atoms with Crippen molar-refractivity contribution in [2.75, 3.05) is 26.7 Å². The first-order valence-electron chi connectivity index (χ1n) is 11.8. The molecule has 180 valence electrons. The quantitative estimate of drug-likeness (QED) is 0.623. The smallest absolute Gasteiger partial charge is 0.254 e. The summed E-state index contributed by atoms with van der Waals surface area (Å²) in [5, 5.41) is 2.01. The molecule has 2 aliphatic heterocycles. The number of carbonyl (C=O) groups is 1. The first-order valence-corrected chi connectivity index (χ1v) is 11.8. The van der Waals surface area contributed by atoms with Crippen LogP contribution in [0.15, 0.2) is 42.0 Å². The molecule has 2 aromatic carbocycles. The molecule has 1 atom stereocenters. The number of hydrogen-bond acceptors (Lipinski definition) is 5. The van der Waals surface area contributed by atoms with E-state index in [9.17, 15) is 13.6 Å². The maximum absolute atomic E-state index is 13.7. The largest absolute Gasteiger partial charge is 0.374 e. The molecule has 3 N–H and O–H groups in total. The van der Waals surface area contributed by atoms with Crippen LogP contribution in [0.25, 0.3) is 5.70 Å². The van der Waals surface area contributed by atoms with Crippen LogP contribution in [0.5, 0.6) is 0 Å². The third kappa shape index (κ3) is 4.45. The molecule has 3 aliphatic rings. The highest BCUT2D eigenvalue weighted by atomic mass is 19.1. The monoisotopic (exact) mass is 468 g/mol. The van der Waals surface area contributed by atoms with Gasteiger partial charge in [-0.1, -0.05) is 6.07 Å². The lowest BCUT2D eigenvalue weighted by Crippen LogP contribution is -2.42. The molecule has 0 spiro atoms. The van der Waals surface area contributed by atoms with Crippen molar-refractivity contribution in [3.63, 3.8) is 0 Å². The van der Waals surface area contributed by atoms with Crippen LogP contribution in [0.1, 0.15) is 46.3 Å². The number of nitrogens with zero attached hydrogens (tertiary/aromatic N) is 2. The Labute approximate surface area is 198 Å². The molecule has 1 saturated carbocycles. The van der Waals surface area contributed by atoms with Gasteiger partial charge >= 0.3 is 0 Å². The van der Waals surface area contributed by atoms with Gasteiger partial charge < -0.3 is 20.4 Å². The van der Waals surface area contributed by atoms with E-state index >= 15 is 0 Å². The number of halogens is 2. The Morgan fingerprint density at radius 1 is 1.18 bits per heavy atom. The van der Waals surface area contributed by atoms with Gasteiger partial charge in [0, 0.05) is 44.4 Å². The lowest BCUT2D eigenvalue weighted by atomic mass is 9.96. The first-order chi connectivity index (χ1) is 16.4. The summed E-state index contributed by atoms with van der Waals surface area (Å²) in [6.07, 6.45) is 4.16. The zero-order valence-electron chi connectivity index (χ0n) is 19.3. The van der Waals surface area contributed by atoms with Crippen molar-refractivity contribution in [1.82, 2.24) is 15.3 Å². The van der Waals surface area contributed by atoms with E-state index < -0.39 is 11.6 Å². The third-order valence-corrected chi connectivity index (χ3v) is 7.06. The molecule has 1 amide bonds. The Morgan fingerprint density at radius 3 is 2.62 bits per heavy atom. The summed E-state index contributed by atoms with van der Waals surface area (Å²) >= 11 is 0. The SMILES string of the molecule is CN1NCC(COC2CCC2)=C1c1ccc2c(c1)CN([C@H](CN)Cc1cc(F)cc(F)c1)C2=O. The second-order valence-electron chi connectivity index (χ2n) is 9.39. The van der Waals surface area contributed by atoms with Crippen molar-refractivity contribution in [3.8, 4) is 0 Å². The second-order valence-corrected chi connectivity index (χ2v) is 9.39. The van der Waals surface area contributed by atoms with E-state index in [4.69, 9.17) is 10.5 Å². The molecule has 0 bridgehead atoms. The van der Waals surface area contributed by atoms with Gasteiger partial charge in [0.25, 0.3) is 5.91 Å². The van der Waals surface area contributed by atoms with Crippen LogP contribution in [-0.2, 0) is 17.7 Å². The molecule has 2 aromatic rings. The van der Waals surface area contributed by atoms with Crippen LogP contribution in [-0.4, -0.2) is 54.7 Å². The molecule has 34 heavy (non-hydrogen) atoms. The van der Waals surface area contributed by atoms with Crippen LogP contribution in [0.2, 0.25) is 0 Å². The standard InChI is InChI=1S/C26H30F2N4O2/c1-31-25(19(13-30-31)15-34-23-3-2-4-23)17-5-6-24-18(10-17)14-32(26(24)33)22(12-29)9-16-7-20(27)11-21(28)8-16/h5-8,10-11,22-23,30H,2-4,9,12-15,29H2,1H3/t22-/m0/s1. The van der Waals surface area contributed by atoms with Gasteiger partial charge in [0.2, 0.25) is 0 Å². The van der Waals surface area contributed by atoms with Gasteiger partial charge in [0.05, 0.1) is 18.4 Å². The summed E-state index contributed by atoms with van der Waals surface area (Å²) in [5.74, 6) is -1.37. The summed E-state index contributed by atoms with van der Waals surface area (Å²) in [5.41, 5.74) is 14.7. The van der Waals surface area contributed by atoms with Crippen molar-refractivity contribution in [3.05, 3.63) is 75.9 Å². The van der Waals surface area contributed by atoms with E-state index in [1.54, 1.807) is 4.90 Å². The molecule has 0 aromatic heterocycles. The van der Waals surface area contributed by atoms with Crippen LogP contribution in [0.3, 0.4) is 0 Å². The molecule has 0 unspecified atom stereocenters. The maximum Gasteiger partial charge on any atom is 0.254 e. The number of nitrogens with two attached hydrogens (primary N) is 1. The van der Waals surface area contributed by atoms with Crippen molar-refractivity contribution in [1.29, 1.82) is 0 Å². The lowest BCUT2D eigenvalue weighted by molar-refractivity contribution is 0.0153. The number of nitrogens with one attached hydrogen (secondary N) is 1. The zero-order chi connectivity index (χ0) is 23.8. The van der Waals surface area contributed by atoms with Gasteiger partial charge in [-0.05, 0) is 72.2 Å². The summed E-state index contributed by atoms with van der Waals surface area (Å²) in [6, 6.07) is 8.97. The van der Waals surface area contributed by atoms with Gasteiger partial charge in [0.1, 0.15) is 11.6 Å². The average Bonchev–Trinajstić information content (AvgIpc) is 3.29. The summed E-state index contributed by atoms with van der Waals surface area (Å²) < 4.78 is 33.4. The first kappa shape index (κ1) is 23.0. The number of rotatable bonds is 8. The number of fused-ring (bicyclic) bond motifs is 1. The van der Waals surface area contributed by atoms with E-state index in [1.165, 1.54) is 24.1 Å². The predicted molar refractivity (Wildman–Crippen MR) is 125 cm³/mol. The van der Waals surface area contributed by atoms with E-state index in [0.717, 1.165) is 42.3 Å². The summed E-state index contributed by atoms with van der Waals surface area (Å²) in [7, 11) is 1.99. The maximum atomic E-state index is 13.7. The Morgan fingerprint density at radius 2 is 1.94 bits per heavy atom. The average molecular weight is 469 g/mol. The third-order valence-electron chi connectivity index (χ3n) is 7.06. The van der Waals surface area contributed by atoms with E-state index in [2.05, 4.69) is 11.5 Å². The van der Waals surface area contributed by atoms with E-state index in [-0.39, 0.29) is 24.9 Å². The minimum Gasteiger partial charge on any atom is -0.374 e. The minimum absolute atomic E-state index is 0.103. The Bertz CT molecular complexity index is 1110. The van der Waals surface area contributed by atoms with Gasteiger partial charge in [-0.2, -0.15) is 0 Å². The Kier molecular flexibility index (Phi) is 6.38. The molecular formula is C26H30F2N4O2. The summed E-state index contributed by atoms with van der Waals surface area (Å²) in [6.45, 7) is 1.95. The van der Waals surface area contributed by atoms with E-state index in [1.807, 2.05) is 24.2 Å². The molecule has 1 aliphatic carbocycles. The minimum atomic E-state index is -0.633. The molecular weight excluding hydrogens is 438 g/mol. The molecule has 0 saturated heterocycles. The highest BCUT2D eigenvalue weighted by molar-refractivity contribution is 5.99. The van der Waals surface area contributed by atoms with Gasteiger partial charge in [0.15, 0.2) is 0 Å². The van der Waals surface area contributed by atoms with Crippen LogP contribution in [0, 0.1) is 11.6 Å². The van der Waals surface area contributed by atoms with Crippen molar-refractivity contribution in [2.24, 2.45) is 5.73 Å². The fourth-order valence-electron chi connectivity index (χ4n) is 4.99. The number of ether oxygens (including phenoxy) is 1. The molecule has 2 heterocycles. The normalized spacial score (nSPS) is 19.1. The lowest BCUT2D eigenvalue weighted by Gasteiger charge is -2.27. The molecule has 6 nitrogen and oxygen atoms in total. The molecule has 8 heteroatoms. The van der Waals surface area contributed by atoms with Crippen LogP contribution >= 0.6 is 0 Å². The Hall–Kier alpha value is -2.81. The topological polar surface area (TPSA) is 70.8 Å². The van der Waals surface area contributed by atoms with Crippen LogP contribution < -0.4 is 11.2 Å².